The van der Waals surface area contributed by atoms with E-state index in [1.54, 1.807) is 0 Å². The third-order valence-electron chi connectivity index (χ3n) is 5.10. The van der Waals surface area contributed by atoms with Crippen LogP contribution >= 0.6 is 0 Å². The van der Waals surface area contributed by atoms with Crippen molar-refractivity contribution in [3.63, 3.8) is 0 Å². The van der Waals surface area contributed by atoms with Crippen molar-refractivity contribution in [3.8, 4) is 0 Å². The van der Waals surface area contributed by atoms with Gasteiger partial charge in [0.05, 0.1) is 18.8 Å². The maximum atomic E-state index is 6.00. The van der Waals surface area contributed by atoms with Crippen LogP contribution in [0.5, 0.6) is 0 Å². The summed E-state index contributed by atoms with van der Waals surface area (Å²) in [5, 5.41) is 3.71. The molecule has 19 heavy (non-hydrogen) atoms. The molecule has 3 rings (SSSR count). The Morgan fingerprint density at radius 2 is 2.05 bits per heavy atom. The largest absolute Gasteiger partial charge is 0.381 e. The lowest BCUT2D eigenvalue weighted by Gasteiger charge is -2.36. The molecule has 1 saturated carbocycles. The number of hydrogen-bond donors (Lipinski definition) is 1. The van der Waals surface area contributed by atoms with Crippen molar-refractivity contribution in [3.05, 3.63) is 0 Å². The van der Waals surface area contributed by atoms with Gasteiger partial charge in [-0.3, -0.25) is 4.90 Å². The Hall–Kier alpha value is -0.160. The van der Waals surface area contributed by atoms with E-state index in [-0.39, 0.29) is 0 Å². The van der Waals surface area contributed by atoms with E-state index in [4.69, 9.17) is 9.47 Å². The van der Waals surface area contributed by atoms with Gasteiger partial charge in [0.2, 0.25) is 0 Å². The van der Waals surface area contributed by atoms with Crippen molar-refractivity contribution in [2.45, 2.75) is 62.8 Å². The standard InChI is InChI=1S/C15H28N2O2/c1-18-14-6-4-12(5-7-14)16-9-15-10-17-8-2-3-13(17)11-19-15/h12-16H,2-11H2,1H3. The first-order valence-electron chi connectivity index (χ1n) is 7.97. The van der Waals surface area contributed by atoms with Crippen molar-refractivity contribution in [1.82, 2.24) is 10.2 Å². The second-order valence-corrected chi connectivity index (χ2v) is 6.36. The third kappa shape index (κ3) is 3.48. The summed E-state index contributed by atoms with van der Waals surface area (Å²) in [6, 6.07) is 1.39. The van der Waals surface area contributed by atoms with E-state index in [0.717, 1.165) is 19.7 Å². The molecule has 0 spiro atoms. The smallest absolute Gasteiger partial charge is 0.0827 e. The Kier molecular flexibility index (Phi) is 4.74. The Labute approximate surface area is 116 Å². The molecule has 0 aromatic carbocycles. The second kappa shape index (κ2) is 6.53. The highest BCUT2D eigenvalue weighted by Crippen LogP contribution is 2.23. The van der Waals surface area contributed by atoms with Crippen LogP contribution < -0.4 is 5.32 Å². The third-order valence-corrected chi connectivity index (χ3v) is 5.10. The number of hydrogen-bond acceptors (Lipinski definition) is 4. The van der Waals surface area contributed by atoms with Gasteiger partial charge in [-0.25, -0.2) is 0 Å². The van der Waals surface area contributed by atoms with E-state index >= 15 is 0 Å². The Balaban J connectivity index is 1.36. The molecule has 2 atom stereocenters. The number of ether oxygens (including phenoxy) is 2. The van der Waals surface area contributed by atoms with Crippen molar-refractivity contribution in [2.24, 2.45) is 0 Å². The Bertz CT molecular complexity index is 279. The predicted octanol–water partition coefficient (Wildman–Crippen LogP) is 1.40. The molecule has 2 aliphatic heterocycles. The first-order chi connectivity index (χ1) is 9.35. The number of nitrogens with one attached hydrogen (secondary N) is 1. The highest BCUT2D eigenvalue weighted by Gasteiger charge is 2.32. The van der Waals surface area contributed by atoms with Crippen LogP contribution in [0.25, 0.3) is 0 Å². The normalized spacial score (nSPS) is 40.3. The molecule has 0 aromatic heterocycles. The summed E-state index contributed by atoms with van der Waals surface area (Å²) >= 11 is 0. The highest BCUT2D eigenvalue weighted by atomic mass is 16.5. The van der Waals surface area contributed by atoms with Crippen LogP contribution in [0.3, 0.4) is 0 Å². The molecule has 3 fully saturated rings. The molecule has 2 saturated heterocycles. The van der Waals surface area contributed by atoms with Gasteiger partial charge in [-0.15, -0.1) is 0 Å². The number of nitrogens with zero attached hydrogens (tertiary/aromatic N) is 1. The van der Waals surface area contributed by atoms with E-state index < -0.39 is 0 Å². The molecule has 0 aromatic rings. The minimum Gasteiger partial charge on any atom is -0.381 e. The first kappa shape index (κ1) is 13.8. The van der Waals surface area contributed by atoms with E-state index in [9.17, 15) is 0 Å². The van der Waals surface area contributed by atoms with Crippen LogP contribution in [0, 0.1) is 0 Å². The maximum absolute atomic E-state index is 6.00. The second-order valence-electron chi connectivity index (χ2n) is 6.36. The number of methoxy groups -OCH3 is 1. The fourth-order valence-corrected chi connectivity index (χ4v) is 3.81. The average molecular weight is 268 g/mol. The van der Waals surface area contributed by atoms with Gasteiger partial charge in [0.1, 0.15) is 0 Å². The van der Waals surface area contributed by atoms with Gasteiger partial charge in [0, 0.05) is 32.3 Å². The highest BCUT2D eigenvalue weighted by molar-refractivity contribution is 4.87. The summed E-state index contributed by atoms with van der Waals surface area (Å²) in [6.07, 6.45) is 8.48. The summed E-state index contributed by atoms with van der Waals surface area (Å²) < 4.78 is 11.4. The van der Waals surface area contributed by atoms with E-state index in [0.29, 0.717) is 24.3 Å². The summed E-state index contributed by atoms with van der Waals surface area (Å²) in [4.78, 5) is 2.62. The zero-order valence-corrected chi connectivity index (χ0v) is 12.1. The minimum absolute atomic E-state index is 0.398. The van der Waals surface area contributed by atoms with Crippen LogP contribution in [0.2, 0.25) is 0 Å². The van der Waals surface area contributed by atoms with Gasteiger partial charge in [0.25, 0.3) is 0 Å². The predicted molar refractivity (Wildman–Crippen MR) is 75.4 cm³/mol. The van der Waals surface area contributed by atoms with Gasteiger partial charge in [-0.2, -0.15) is 0 Å². The number of rotatable bonds is 4. The molecule has 2 unspecified atom stereocenters. The Morgan fingerprint density at radius 1 is 1.21 bits per heavy atom. The molecule has 2 heterocycles. The van der Waals surface area contributed by atoms with Crippen LogP contribution in [0.15, 0.2) is 0 Å². The zero-order chi connectivity index (χ0) is 13.1. The van der Waals surface area contributed by atoms with Crippen LogP contribution in [-0.2, 0) is 9.47 Å². The topological polar surface area (TPSA) is 33.7 Å². The molecule has 3 aliphatic rings. The molecule has 1 N–H and O–H groups in total. The van der Waals surface area contributed by atoms with Gasteiger partial charge in [0.15, 0.2) is 0 Å². The summed E-state index contributed by atoms with van der Waals surface area (Å²) in [7, 11) is 1.83. The molecule has 0 radical (unpaired) electrons. The van der Waals surface area contributed by atoms with Crippen LogP contribution in [-0.4, -0.2) is 62.5 Å². The van der Waals surface area contributed by atoms with Gasteiger partial charge < -0.3 is 14.8 Å². The van der Waals surface area contributed by atoms with Gasteiger partial charge in [-0.1, -0.05) is 0 Å². The molecular formula is C15H28N2O2. The number of morpholine rings is 1. The molecule has 0 amide bonds. The molecular weight excluding hydrogens is 240 g/mol. The lowest BCUT2D eigenvalue weighted by molar-refractivity contribution is -0.0487. The van der Waals surface area contributed by atoms with Gasteiger partial charge in [-0.05, 0) is 45.1 Å². The lowest BCUT2D eigenvalue weighted by Crippen LogP contribution is -2.51. The van der Waals surface area contributed by atoms with E-state index in [2.05, 4.69) is 10.2 Å². The van der Waals surface area contributed by atoms with Crippen molar-refractivity contribution >= 4 is 0 Å². The summed E-state index contributed by atoms with van der Waals surface area (Å²) in [6.45, 7) is 4.38. The van der Waals surface area contributed by atoms with E-state index in [1.165, 1.54) is 45.1 Å². The summed E-state index contributed by atoms with van der Waals surface area (Å²) in [5.41, 5.74) is 0. The Morgan fingerprint density at radius 3 is 2.84 bits per heavy atom. The SMILES string of the molecule is COC1CCC(NCC2CN3CCCC3CO2)CC1. The van der Waals surface area contributed by atoms with Crippen molar-refractivity contribution in [2.75, 3.05) is 33.4 Å². The van der Waals surface area contributed by atoms with Crippen LogP contribution in [0.1, 0.15) is 38.5 Å². The van der Waals surface area contributed by atoms with Crippen molar-refractivity contribution in [1.29, 1.82) is 0 Å². The average Bonchev–Trinajstić information content (AvgIpc) is 2.93. The fraction of sp³-hybridized carbons (Fsp3) is 1.00. The van der Waals surface area contributed by atoms with Gasteiger partial charge >= 0.3 is 0 Å². The molecule has 4 heteroatoms. The number of fused-ring (bicyclic) bond motifs is 1. The van der Waals surface area contributed by atoms with Crippen molar-refractivity contribution < 1.29 is 9.47 Å². The zero-order valence-electron chi connectivity index (χ0n) is 12.1. The molecule has 4 nitrogen and oxygen atoms in total. The quantitative estimate of drug-likeness (QED) is 0.835. The minimum atomic E-state index is 0.398. The summed E-state index contributed by atoms with van der Waals surface area (Å²) in [5.74, 6) is 0. The molecule has 0 bridgehead atoms. The first-order valence-corrected chi connectivity index (χ1v) is 7.97. The van der Waals surface area contributed by atoms with E-state index in [1.807, 2.05) is 7.11 Å². The monoisotopic (exact) mass is 268 g/mol. The van der Waals surface area contributed by atoms with Crippen LogP contribution in [0.4, 0.5) is 0 Å². The molecule has 1 aliphatic carbocycles. The maximum Gasteiger partial charge on any atom is 0.0827 e. The lowest BCUT2D eigenvalue weighted by atomic mass is 9.93. The fourth-order valence-electron chi connectivity index (χ4n) is 3.81. The molecule has 110 valence electrons.